The van der Waals surface area contributed by atoms with Gasteiger partial charge in [-0.3, -0.25) is 9.59 Å². The maximum absolute atomic E-state index is 11.3. The SMILES string of the molecule is CNCC(=O)NC(C)CN1CCCC1=O. The lowest BCUT2D eigenvalue weighted by Crippen LogP contribution is -2.44. The molecule has 0 saturated carbocycles. The highest BCUT2D eigenvalue weighted by Gasteiger charge is 2.22. The van der Waals surface area contributed by atoms with Crippen LogP contribution in [0.5, 0.6) is 0 Å². The van der Waals surface area contributed by atoms with Crippen molar-refractivity contribution in [1.82, 2.24) is 15.5 Å². The lowest BCUT2D eigenvalue weighted by molar-refractivity contribution is -0.128. The number of nitrogens with one attached hydrogen (secondary N) is 2. The van der Waals surface area contributed by atoms with E-state index in [1.54, 1.807) is 7.05 Å². The predicted octanol–water partition coefficient (Wildman–Crippen LogP) is -0.667. The number of likely N-dealkylation sites (tertiary alicyclic amines) is 1. The minimum Gasteiger partial charge on any atom is -0.351 e. The zero-order chi connectivity index (χ0) is 11.3. The van der Waals surface area contributed by atoms with Gasteiger partial charge < -0.3 is 15.5 Å². The van der Waals surface area contributed by atoms with Gasteiger partial charge in [-0.15, -0.1) is 0 Å². The van der Waals surface area contributed by atoms with Crippen LogP contribution in [0.2, 0.25) is 0 Å². The molecule has 1 fully saturated rings. The number of amides is 2. The summed E-state index contributed by atoms with van der Waals surface area (Å²) in [6, 6.07) is 0.0212. The third-order valence-electron chi connectivity index (χ3n) is 2.41. The van der Waals surface area contributed by atoms with Crippen molar-refractivity contribution in [3.05, 3.63) is 0 Å². The Morgan fingerprint density at radius 1 is 1.60 bits per heavy atom. The highest BCUT2D eigenvalue weighted by Crippen LogP contribution is 2.09. The molecule has 0 bridgehead atoms. The van der Waals surface area contributed by atoms with Gasteiger partial charge in [0.15, 0.2) is 0 Å². The largest absolute Gasteiger partial charge is 0.351 e. The molecule has 2 amide bonds. The van der Waals surface area contributed by atoms with E-state index in [2.05, 4.69) is 10.6 Å². The zero-order valence-electron chi connectivity index (χ0n) is 9.38. The molecule has 0 spiro atoms. The standard InChI is InChI=1S/C10H19N3O2/c1-8(12-9(14)6-11-2)7-13-5-3-4-10(13)15/h8,11H,3-7H2,1-2H3,(H,12,14). The monoisotopic (exact) mass is 213 g/mol. The number of nitrogens with zero attached hydrogens (tertiary/aromatic N) is 1. The molecule has 5 heteroatoms. The number of carbonyl (C=O) groups excluding carboxylic acids is 2. The fraction of sp³-hybridized carbons (Fsp3) is 0.800. The quantitative estimate of drug-likeness (QED) is 0.637. The van der Waals surface area contributed by atoms with Gasteiger partial charge in [-0.1, -0.05) is 0 Å². The molecule has 0 aliphatic carbocycles. The number of hydrogen-bond donors (Lipinski definition) is 2. The van der Waals surface area contributed by atoms with Crippen molar-refractivity contribution in [2.24, 2.45) is 0 Å². The summed E-state index contributed by atoms with van der Waals surface area (Å²) in [6.07, 6.45) is 1.59. The van der Waals surface area contributed by atoms with Gasteiger partial charge in [-0.2, -0.15) is 0 Å². The first-order chi connectivity index (χ1) is 7.13. The second-order valence-corrected chi connectivity index (χ2v) is 3.94. The molecule has 0 aromatic rings. The number of carbonyl (C=O) groups is 2. The van der Waals surface area contributed by atoms with Crippen molar-refractivity contribution in [3.63, 3.8) is 0 Å². The van der Waals surface area contributed by atoms with E-state index in [0.717, 1.165) is 13.0 Å². The average Bonchev–Trinajstić information content (AvgIpc) is 2.52. The summed E-state index contributed by atoms with van der Waals surface area (Å²) >= 11 is 0. The molecule has 2 N–H and O–H groups in total. The topological polar surface area (TPSA) is 61.4 Å². The number of hydrogen-bond acceptors (Lipinski definition) is 3. The summed E-state index contributed by atoms with van der Waals surface area (Å²) in [5.41, 5.74) is 0. The first-order valence-electron chi connectivity index (χ1n) is 5.35. The van der Waals surface area contributed by atoms with Crippen molar-refractivity contribution in [3.8, 4) is 0 Å². The van der Waals surface area contributed by atoms with Crippen LogP contribution >= 0.6 is 0 Å². The van der Waals surface area contributed by atoms with Gasteiger partial charge in [0.2, 0.25) is 11.8 Å². The van der Waals surface area contributed by atoms with Crippen molar-refractivity contribution >= 4 is 11.8 Å². The van der Waals surface area contributed by atoms with Crippen LogP contribution in [0.4, 0.5) is 0 Å². The molecule has 1 atom stereocenters. The average molecular weight is 213 g/mol. The minimum atomic E-state index is -0.0309. The molecular weight excluding hydrogens is 194 g/mol. The first-order valence-corrected chi connectivity index (χ1v) is 5.35. The summed E-state index contributed by atoms with van der Waals surface area (Å²) < 4.78 is 0. The normalized spacial score (nSPS) is 18.0. The van der Waals surface area contributed by atoms with Gasteiger partial charge >= 0.3 is 0 Å². The van der Waals surface area contributed by atoms with Crippen LogP contribution in [0.1, 0.15) is 19.8 Å². The fourth-order valence-electron chi connectivity index (χ4n) is 1.76. The molecule has 1 aliphatic rings. The van der Waals surface area contributed by atoms with E-state index in [1.807, 2.05) is 11.8 Å². The molecule has 15 heavy (non-hydrogen) atoms. The lowest BCUT2D eigenvalue weighted by atomic mass is 10.3. The summed E-state index contributed by atoms with van der Waals surface area (Å²) in [4.78, 5) is 24.4. The summed E-state index contributed by atoms with van der Waals surface area (Å²) in [5, 5.41) is 5.62. The highest BCUT2D eigenvalue weighted by molar-refractivity contribution is 5.79. The molecule has 1 saturated heterocycles. The Labute approximate surface area is 90.2 Å². The Bertz CT molecular complexity index is 243. The van der Waals surface area contributed by atoms with Crippen LogP contribution in [0.25, 0.3) is 0 Å². The molecule has 86 valence electrons. The summed E-state index contributed by atoms with van der Waals surface area (Å²) in [7, 11) is 1.73. The van der Waals surface area contributed by atoms with Crippen molar-refractivity contribution in [2.75, 3.05) is 26.7 Å². The molecule has 1 rings (SSSR count). The summed E-state index contributed by atoms with van der Waals surface area (Å²) in [5.74, 6) is 0.168. The Balaban J connectivity index is 2.26. The Kier molecular flexibility index (Phi) is 4.55. The molecule has 0 aromatic carbocycles. The van der Waals surface area contributed by atoms with E-state index in [-0.39, 0.29) is 17.9 Å². The second kappa shape index (κ2) is 5.70. The van der Waals surface area contributed by atoms with Crippen LogP contribution in [-0.4, -0.2) is 49.4 Å². The Morgan fingerprint density at radius 3 is 2.87 bits per heavy atom. The summed E-state index contributed by atoms with van der Waals surface area (Å²) in [6.45, 7) is 3.68. The van der Waals surface area contributed by atoms with Gasteiger partial charge in [-0.25, -0.2) is 0 Å². The molecular formula is C10H19N3O2. The first kappa shape index (κ1) is 12.0. The molecule has 1 heterocycles. The van der Waals surface area contributed by atoms with E-state index in [1.165, 1.54) is 0 Å². The van der Waals surface area contributed by atoms with Crippen molar-refractivity contribution in [2.45, 2.75) is 25.8 Å². The molecule has 5 nitrogen and oxygen atoms in total. The second-order valence-electron chi connectivity index (χ2n) is 3.94. The maximum atomic E-state index is 11.3. The van der Waals surface area contributed by atoms with Gasteiger partial charge in [0.25, 0.3) is 0 Å². The Hall–Kier alpha value is -1.10. The van der Waals surface area contributed by atoms with Crippen LogP contribution in [-0.2, 0) is 9.59 Å². The van der Waals surface area contributed by atoms with E-state index in [4.69, 9.17) is 0 Å². The van der Waals surface area contributed by atoms with Crippen LogP contribution in [0.15, 0.2) is 0 Å². The molecule has 1 aliphatic heterocycles. The minimum absolute atomic E-state index is 0.0212. The van der Waals surface area contributed by atoms with Gasteiger partial charge in [-0.05, 0) is 20.4 Å². The third-order valence-corrected chi connectivity index (χ3v) is 2.41. The third kappa shape index (κ3) is 3.87. The molecule has 0 aromatic heterocycles. The van der Waals surface area contributed by atoms with Gasteiger partial charge in [0.05, 0.1) is 6.54 Å². The molecule has 1 unspecified atom stereocenters. The zero-order valence-corrected chi connectivity index (χ0v) is 9.38. The highest BCUT2D eigenvalue weighted by atomic mass is 16.2. The number of rotatable bonds is 5. The van der Waals surface area contributed by atoms with Gasteiger partial charge in [0.1, 0.15) is 0 Å². The number of likely N-dealkylation sites (N-methyl/N-ethyl adjacent to an activating group) is 1. The van der Waals surface area contributed by atoms with Crippen molar-refractivity contribution in [1.29, 1.82) is 0 Å². The van der Waals surface area contributed by atoms with E-state index < -0.39 is 0 Å². The Morgan fingerprint density at radius 2 is 2.33 bits per heavy atom. The maximum Gasteiger partial charge on any atom is 0.234 e. The van der Waals surface area contributed by atoms with E-state index >= 15 is 0 Å². The fourth-order valence-corrected chi connectivity index (χ4v) is 1.76. The van der Waals surface area contributed by atoms with E-state index in [9.17, 15) is 9.59 Å². The smallest absolute Gasteiger partial charge is 0.234 e. The predicted molar refractivity (Wildman–Crippen MR) is 57.3 cm³/mol. The van der Waals surface area contributed by atoms with Gasteiger partial charge in [0, 0.05) is 25.6 Å². The molecule has 0 radical (unpaired) electrons. The van der Waals surface area contributed by atoms with Crippen LogP contribution < -0.4 is 10.6 Å². The van der Waals surface area contributed by atoms with Crippen LogP contribution in [0, 0.1) is 0 Å². The van der Waals surface area contributed by atoms with Crippen LogP contribution in [0.3, 0.4) is 0 Å². The van der Waals surface area contributed by atoms with E-state index in [0.29, 0.717) is 19.5 Å². The lowest BCUT2D eigenvalue weighted by Gasteiger charge is -2.21. The van der Waals surface area contributed by atoms with Crippen molar-refractivity contribution < 1.29 is 9.59 Å².